The summed E-state index contributed by atoms with van der Waals surface area (Å²) in [5, 5.41) is 20.2. The van der Waals surface area contributed by atoms with E-state index in [0.717, 1.165) is 12.1 Å². The van der Waals surface area contributed by atoms with Crippen molar-refractivity contribution in [3.8, 4) is 0 Å². The molecule has 0 atom stereocenters. The molecule has 0 amide bonds. The second kappa shape index (κ2) is 9.25. The number of ether oxygens (including phenoxy) is 1. The summed E-state index contributed by atoms with van der Waals surface area (Å²) in [5.41, 5.74) is -0.952. The number of para-hydroxylation sites is 1. The number of nitrogens with one attached hydrogen (secondary N) is 2. The molecule has 0 aliphatic carbocycles. The van der Waals surface area contributed by atoms with Crippen LogP contribution in [-0.4, -0.2) is 29.2 Å². The van der Waals surface area contributed by atoms with Gasteiger partial charge in [-0.15, -0.1) is 0 Å². The van der Waals surface area contributed by atoms with Crippen LogP contribution < -0.4 is 5.32 Å². The molecule has 2 aromatic rings. The van der Waals surface area contributed by atoms with E-state index in [1.165, 1.54) is 44.2 Å². The number of aliphatic hydroxyl groups excluding tert-OH is 1. The van der Waals surface area contributed by atoms with Gasteiger partial charge in [0, 0.05) is 11.4 Å². The summed E-state index contributed by atoms with van der Waals surface area (Å²) in [6.07, 6.45) is -4.51. The van der Waals surface area contributed by atoms with Gasteiger partial charge < -0.3 is 20.6 Å². The SMILES string of the molecule is CC(=N)/C(C(C)=O)=C(/O)COC(=O)c1ccccc1Nc1cccc(C(F)(F)F)c1. The van der Waals surface area contributed by atoms with Crippen LogP contribution in [-0.2, 0) is 15.7 Å². The summed E-state index contributed by atoms with van der Waals surface area (Å²) in [5.74, 6) is -1.99. The smallest absolute Gasteiger partial charge is 0.416 e. The van der Waals surface area contributed by atoms with Crippen molar-refractivity contribution in [2.75, 3.05) is 11.9 Å². The minimum Gasteiger partial charge on any atom is -0.508 e. The van der Waals surface area contributed by atoms with Crippen molar-refractivity contribution in [3.05, 3.63) is 71.0 Å². The Morgan fingerprint density at radius 1 is 1.10 bits per heavy atom. The Bertz CT molecular complexity index is 997. The average molecular weight is 420 g/mol. The molecule has 0 radical (unpaired) electrons. The zero-order valence-corrected chi connectivity index (χ0v) is 16.1. The second-order valence-corrected chi connectivity index (χ2v) is 6.33. The number of anilines is 2. The van der Waals surface area contributed by atoms with Crippen LogP contribution in [0.1, 0.15) is 29.8 Å². The number of carbonyl (C=O) groups excluding carboxylic acids is 2. The van der Waals surface area contributed by atoms with E-state index in [1.807, 2.05) is 0 Å². The molecular weight excluding hydrogens is 401 g/mol. The van der Waals surface area contributed by atoms with Crippen molar-refractivity contribution in [2.24, 2.45) is 0 Å². The molecule has 0 aliphatic rings. The normalized spacial score (nSPS) is 12.0. The largest absolute Gasteiger partial charge is 0.508 e. The summed E-state index contributed by atoms with van der Waals surface area (Å²) in [6.45, 7) is 1.84. The number of ketones is 1. The molecule has 0 unspecified atom stereocenters. The van der Waals surface area contributed by atoms with E-state index in [4.69, 9.17) is 10.1 Å². The number of esters is 1. The molecule has 0 bridgehead atoms. The van der Waals surface area contributed by atoms with Crippen molar-refractivity contribution in [1.29, 1.82) is 5.41 Å². The number of carbonyl (C=O) groups is 2. The fourth-order valence-corrected chi connectivity index (χ4v) is 2.67. The van der Waals surface area contributed by atoms with Crippen molar-refractivity contribution >= 4 is 28.8 Å². The van der Waals surface area contributed by atoms with Crippen LogP contribution >= 0.6 is 0 Å². The van der Waals surface area contributed by atoms with Crippen LogP contribution in [0.25, 0.3) is 0 Å². The van der Waals surface area contributed by atoms with Gasteiger partial charge in [-0.1, -0.05) is 18.2 Å². The molecule has 0 spiro atoms. The van der Waals surface area contributed by atoms with Crippen LogP contribution in [0.2, 0.25) is 0 Å². The number of rotatable bonds is 7. The molecule has 0 saturated heterocycles. The van der Waals surface area contributed by atoms with Gasteiger partial charge in [0.15, 0.2) is 5.78 Å². The number of alkyl halides is 3. The van der Waals surface area contributed by atoms with E-state index in [2.05, 4.69) is 5.32 Å². The van der Waals surface area contributed by atoms with Crippen molar-refractivity contribution in [1.82, 2.24) is 0 Å². The highest BCUT2D eigenvalue weighted by molar-refractivity contribution is 6.20. The van der Waals surface area contributed by atoms with E-state index in [-0.39, 0.29) is 28.2 Å². The van der Waals surface area contributed by atoms with E-state index < -0.39 is 35.9 Å². The van der Waals surface area contributed by atoms with Crippen LogP contribution in [0.5, 0.6) is 0 Å². The Labute approximate surface area is 170 Å². The van der Waals surface area contributed by atoms with Gasteiger partial charge in [-0.2, -0.15) is 13.2 Å². The highest BCUT2D eigenvalue weighted by atomic mass is 19.4. The Hall–Kier alpha value is -3.62. The number of hydrogen-bond donors (Lipinski definition) is 3. The van der Waals surface area contributed by atoms with E-state index in [9.17, 15) is 27.9 Å². The summed E-state index contributed by atoms with van der Waals surface area (Å²) < 4.78 is 43.7. The summed E-state index contributed by atoms with van der Waals surface area (Å²) >= 11 is 0. The quantitative estimate of drug-likeness (QED) is 0.252. The zero-order valence-electron chi connectivity index (χ0n) is 16.1. The molecule has 0 aromatic heterocycles. The molecule has 0 saturated carbocycles. The van der Waals surface area contributed by atoms with E-state index in [0.29, 0.717) is 0 Å². The van der Waals surface area contributed by atoms with E-state index in [1.54, 1.807) is 6.07 Å². The highest BCUT2D eigenvalue weighted by Crippen LogP contribution is 2.32. The fraction of sp³-hybridized carbons (Fsp3) is 0.190. The van der Waals surface area contributed by atoms with Crippen LogP contribution in [0.15, 0.2) is 59.9 Å². The summed E-state index contributed by atoms with van der Waals surface area (Å²) in [6, 6.07) is 10.5. The maximum atomic E-state index is 12.9. The number of aliphatic hydroxyl groups is 1. The van der Waals surface area contributed by atoms with Gasteiger partial charge in [0.25, 0.3) is 0 Å². The van der Waals surface area contributed by atoms with Gasteiger partial charge in [0.2, 0.25) is 0 Å². The lowest BCUT2D eigenvalue weighted by molar-refractivity contribution is -0.137. The first kappa shape index (κ1) is 22.7. The molecule has 30 heavy (non-hydrogen) atoms. The number of halogens is 3. The molecular formula is C21H19F3N2O4. The van der Waals surface area contributed by atoms with Gasteiger partial charge in [-0.05, 0) is 44.2 Å². The monoisotopic (exact) mass is 420 g/mol. The first-order valence-electron chi connectivity index (χ1n) is 8.69. The number of hydrogen-bond acceptors (Lipinski definition) is 6. The van der Waals surface area contributed by atoms with Crippen molar-refractivity contribution in [2.45, 2.75) is 20.0 Å². The predicted octanol–water partition coefficient (Wildman–Crippen LogP) is 5.05. The molecule has 9 heteroatoms. The van der Waals surface area contributed by atoms with E-state index >= 15 is 0 Å². The third-order valence-corrected chi connectivity index (χ3v) is 3.97. The van der Waals surface area contributed by atoms with Crippen LogP contribution in [0.3, 0.4) is 0 Å². The Morgan fingerprint density at radius 2 is 1.77 bits per heavy atom. The van der Waals surface area contributed by atoms with Crippen molar-refractivity contribution < 1.29 is 32.6 Å². The standard InChI is InChI=1S/C21H19F3N2O4/c1-12(25)19(13(2)27)18(28)11-30-20(29)16-8-3-4-9-17(16)26-15-7-5-6-14(10-15)21(22,23)24/h3-10,25-26,28H,11H2,1-2H3/b19-18-,25-12?. The molecule has 2 rings (SSSR count). The second-order valence-electron chi connectivity index (χ2n) is 6.33. The third-order valence-electron chi connectivity index (χ3n) is 3.97. The lowest BCUT2D eigenvalue weighted by atomic mass is 10.1. The van der Waals surface area contributed by atoms with Gasteiger partial charge in [-0.25, -0.2) is 4.79 Å². The molecule has 3 N–H and O–H groups in total. The maximum absolute atomic E-state index is 12.9. The minimum absolute atomic E-state index is 0.0126. The van der Waals surface area contributed by atoms with Gasteiger partial charge in [0.05, 0.1) is 22.4 Å². The number of Topliss-reactive ketones (excluding diaryl/α,β-unsaturated/α-hetero) is 1. The molecule has 6 nitrogen and oxygen atoms in total. The van der Waals surface area contributed by atoms with Gasteiger partial charge in [-0.3, -0.25) is 4.79 Å². The summed E-state index contributed by atoms with van der Waals surface area (Å²) in [7, 11) is 0. The topological polar surface area (TPSA) is 99.5 Å². The highest BCUT2D eigenvalue weighted by Gasteiger charge is 2.30. The summed E-state index contributed by atoms with van der Waals surface area (Å²) in [4.78, 5) is 23.9. The fourth-order valence-electron chi connectivity index (χ4n) is 2.67. The molecule has 0 aliphatic heterocycles. The van der Waals surface area contributed by atoms with Gasteiger partial charge >= 0.3 is 12.1 Å². The van der Waals surface area contributed by atoms with Gasteiger partial charge in [0.1, 0.15) is 12.4 Å². The molecule has 158 valence electrons. The maximum Gasteiger partial charge on any atom is 0.416 e. The average Bonchev–Trinajstić information content (AvgIpc) is 2.65. The molecule has 0 heterocycles. The minimum atomic E-state index is -4.51. The Balaban J connectivity index is 2.23. The lowest BCUT2D eigenvalue weighted by Crippen LogP contribution is -2.15. The molecule has 0 fully saturated rings. The van der Waals surface area contributed by atoms with Crippen molar-refractivity contribution in [3.63, 3.8) is 0 Å². The third kappa shape index (κ3) is 5.69. The Kier molecular flexibility index (Phi) is 6.99. The first-order chi connectivity index (χ1) is 14.0. The number of benzene rings is 2. The Morgan fingerprint density at radius 3 is 2.37 bits per heavy atom. The predicted molar refractivity (Wildman–Crippen MR) is 105 cm³/mol. The lowest BCUT2D eigenvalue weighted by Gasteiger charge is -2.14. The first-order valence-corrected chi connectivity index (χ1v) is 8.69. The number of allylic oxidation sites excluding steroid dienone is 1. The van der Waals surface area contributed by atoms with Crippen LogP contribution in [0.4, 0.5) is 24.5 Å². The zero-order chi connectivity index (χ0) is 22.5. The van der Waals surface area contributed by atoms with Crippen LogP contribution in [0, 0.1) is 5.41 Å². The molecule has 2 aromatic carbocycles.